The highest BCUT2D eigenvalue weighted by Crippen LogP contribution is 2.26. The number of amides is 2. The van der Waals surface area contributed by atoms with Crippen LogP contribution in [0.25, 0.3) is 22.2 Å². The molecule has 1 aromatic heterocycles. The molecule has 0 fully saturated rings. The molecule has 3 rings (SSSR count). The lowest BCUT2D eigenvalue weighted by Crippen LogP contribution is -2.38. The summed E-state index contributed by atoms with van der Waals surface area (Å²) in [7, 11) is 3.16. The van der Waals surface area contributed by atoms with Crippen molar-refractivity contribution >= 4 is 28.7 Å². The second-order valence-corrected chi connectivity index (χ2v) is 6.76. The lowest BCUT2D eigenvalue weighted by atomic mass is 10.0. The third-order valence-electron chi connectivity index (χ3n) is 4.37. The minimum absolute atomic E-state index is 0.123. The van der Waals surface area contributed by atoms with Gasteiger partial charge in [-0.05, 0) is 36.4 Å². The first-order valence-electron chi connectivity index (χ1n) is 9.18. The number of phenols is 1. The zero-order valence-electron chi connectivity index (χ0n) is 16.6. The first-order chi connectivity index (χ1) is 14.3. The fourth-order valence-electron chi connectivity index (χ4n) is 2.72. The number of phenolic OH excluding ortho intramolecular Hbond substituents is 1. The first kappa shape index (κ1) is 20.8. The van der Waals surface area contributed by atoms with E-state index in [-0.39, 0.29) is 23.8 Å². The molecular weight excluding hydrogens is 386 g/mol. The number of likely N-dealkylation sites (N-methyl/N-ethyl adjacent to an activating group) is 1. The second-order valence-electron chi connectivity index (χ2n) is 6.76. The van der Waals surface area contributed by atoms with E-state index in [1.165, 1.54) is 17.0 Å². The van der Waals surface area contributed by atoms with Gasteiger partial charge in [-0.3, -0.25) is 9.59 Å². The van der Waals surface area contributed by atoms with Crippen LogP contribution in [0.1, 0.15) is 10.4 Å². The second kappa shape index (κ2) is 9.04. The summed E-state index contributed by atoms with van der Waals surface area (Å²) in [5.41, 5.74) is 2.10. The number of nitrogens with one attached hydrogen (secondary N) is 1. The number of esters is 1. The van der Waals surface area contributed by atoms with Crippen LogP contribution in [0.2, 0.25) is 0 Å². The summed E-state index contributed by atoms with van der Waals surface area (Å²) in [6.45, 7) is -0.683. The Hall–Kier alpha value is -3.94. The molecule has 0 radical (unpaired) electrons. The van der Waals surface area contributed by atoms with Crippen molar-refractivity contribution in [3.63, 3.8) is 0 Å². The highest BCUT2D eigenvalue weighted by molar-refractivity contribution is 6.05. The molecule has 0 aliphatic rings. The molecule has 2 amide bonds. The molecule has 154 valence electrons. The van der Waals surface area contributed by atoms with E-state index in [1.54, 1.807) is 56.6 Å². The molecule has 0 aliphatic heterocycles. The molecule has 8 nitrogen and oxygen atoms in total. The van der Waals surface area contributed by atoms with Crippen LogP contribution in [0.5, 0.6) is 5.75 Å². The predicted molar refractivity (Wildman–Crippen MR) is 111 cm³/mol. The van der Waals surface area contributed by atoms with Crippen LogP contribution in [-0.4, -0.2) is 60.0 Å². The number of carbonyl (C=O) groups is 3. The summed E-state index contributed by atoms with van der Waals surface area (Å²) in [6.07, 6.45) is 0. The van der Waals surface area contributed by atoms with Gasteiger partial charge in [-0.2, -0.15) is 0 Å². The van der Waals surface area contributed by atoms with Crippen LogP contribution in [-0.2, 0) is 14.3 Å². The van der Waals surface area contributed by atoms with E-state index >= 15 is 0 Å². The van der Waals surface area contributed by atoms with Gasteiger partial charge in [-0.25, -0.2) is 9.78 Å². The summed E-state index contributed by atoms with van der Waals surface area (Å²) in [4.78, 5) is 42.0. The van der Waals surface area contributed by atoms with Gasteiger partial charge in [-0.1, -0.05) is 18.2 Å². The summed E-state index contributed by atoms with van der Waals surface area (Å²) in [5, 5.41) is 12.5. The lowest BCUT2D eigenvalue weighted by Gasteiger charge is -2.12. The van der Waals surface area contributed by atoms with Gasteiger partial charge in [0, 0.05) is 25.0 Å². The normalized spacial score (nSPS) is 10.5. The average Bonchev–Trinajstić information content (AvgIpc) is 2.75. The molecule has 30 heavy (non-hydrogen) atoms. The smallest absolute Gasteiger partial charge is 0.339 e. The number of para-hydroxylation sites is 1. The Morgan fingerprint density at radius 2 is 1.77 bits per heavy atom. The van der Waals surface area contributed by atoms with Crippen molar-refractivity contribution in [3.05, 3.63) is 60.2 Å². The van der Waals surface area contributed by atoms with Gasteiger partial charge in [0.1, 0.15) is 5.75 Å². The quantitative estimate of drug-likeness (QED) is 0.605. The minimum atomic E-state index is -0.678. The lowest BCUT2D eigenvalue weighted by molar-refractivity contribution is -0.131. The Balaban J connectivity index is 1.80. The van der Waals surface area contributed by atoms with Crippen molar-refractivity contribution < 1.29 is 24.2 Å². The van der Waals surface area contributed by atoms with Crippen LogP contribution in [0, 0.1) is 0 Å². The van der Waals surface area contributed by atoms with Gasteiger partial charge in [0.15, 0.2) is 6.61 Å². The van der Waals surface area contributed by atoms with Gasteiger partial charge in [-0.15, -0.1) is 0 Å². The number of aromatic hydroxyl groups is 1. The van der Waals surface area contributed by atoms with E-state index < -0.39 is 18.5 Å². The van der Waals surface area contributed by atoms with Gasteiger partial charge in [0.25, 0.3) is 5.91 Å². The largest absolute Gasteiger partial charge is 0.508 e. The van der Waals surface area contributed by atoms with Gasteiger partial charge < -0.3 is 20.1 Å². The molecular formula is C22H21N3O5. The van der Waals surface area contributed by atoms with Gasteiger partial charge in [0.2, 0.25) is 5.91 Å². The monoisotopic (exact) mass is 407 g/mol. The zero-order valence-corrected chi connectivity index (χ0v) is 16.6. The molecule has 1 heterocycles. The topological polar surface area (TPSA) is 109 Å². The van der Waals surface area contributed by atoms with Crippen LogP contribution >= 0.6 is 0 Å². The van der Waals surface area contributed by atoms with E-state index in [9.17, 15) is 19.5 Å². The molecule has 2 N–H and O–H groups in total. The molecule has 2 aromatic carbocycles. The number of aromatic nitrogens is 1. The third-order valence-corrected chi connectivity index (χ3v) is 4.37. The number of nitrogens with zero attached hydrogens (tertiary/aromatic N) is 2. The molecule has 0 spiro atoms. The van der Waals surface area contributed by atoms with Crippen molar-refractivity contribution in [3.8, 4) is 17.0 Å². The number of hydrogen-bond donors (Lipinski definition) is 2. The average molecular weight is 407 g/mol. The van der Waals surface area contributed by atoms with Crippen LogP contribution in [0.4, 0.5) is 0 Å². The summed E-state index contributed by atoms with van der Waals surface area (Å²) in [6, 6.07) is 15.1. The van der Waals surface area contributed by atoms with Crippen LogP contribution in [0.3, 0.4) is 0 Å². The Labute approximate surface area is 173 Å². The van der Waals surface area contributed by atoms with Crippen molar-refractivity contribution in [2.45, 2.75) is 0 Å². The number of ether oxygens (including phenoxy) is 1. The van der Waals surface area contributed by atoms with Crippen LogP contribution in [0.15, 0.2) is 54.6 Å². The maximum atomic E-state index is 12.7. The molecule has 0 atom stereocenters. The third kappa shape index (κ3) is 4.91. The molecule has 0 saturated carbocycles. The maximum Gasteiger partial charge on any atom is 0.339 e. The van der Waals surface area contributed by atoms with E-state index in [1.807, 2.05) is 0 Å². The summed E-state index contributed by atoms with van der Waals surface area (Å²) in [5.74, 6) is -1.40. The number of rotatable bonds is 6. The van der Waals surface area contributed by atoms with Gasteiger partial charge >= 0.3 is 5.97 Å². The van der Waals surface area contributed by atoms with E-state index in [4.69, 9.17) is 4.74 Å². The highest BCUT2D eigenvalue weighted by atomic mass is 16.5. The Morgan fingerprint density at radius 3 is 2.47 bits per heavy atom. The maximum absolute atomic E-state index is 12.7. The zero-order chi connectivity index (χ0) is 21.7. The standard InChI is InChI=1S/C22H21N3O5/c1-25(2)21(28)12-23-20(27)13-30-22(29)17-11-19(14-7-9-15(26)10-8-14)24-18-6-4-3-5-16(17)18/h3-11,26H,12-13H2,1-2H3,(H,23,27). The number of pyridine rings is 1. The molecule has 0 saturated heterocycles. The predicted octanol–water partition coefficient (Wildman–Crippen LogP) is 1.97. The molecule has 8 heteroatoms. The number of carbonyl (C=O) groups excluding carboxylic acids is 3. The molecule has 0 unspecified atom stereocenters. The first-order valence-corrected chi connectivity index (χ1v) is 9.18. The number of benzene rings is 2. The Kier molecular flexibility index (Phi) is 6.26. The SMILES string of the molecule is CN(C)C(=O)CNC(=O)COC(=O)c1cc(-c2ccc(O)cc2)nc2ccccc12. The van der Waals surface area contributed by atoms with Crippen molar-refractivity contribution in [2.24, 2.45) is 0 Å². The van der Waals surface area contributed by atoms with E-state index in [0.717, 1.165) is 0 Å². The molecule has 0 aliphatic carbocycles. The minimum Gasteiger partial charge on any atom is -0.508 e. The summed E-state index contributed by atoms with van der Waals surface area (Å²) < 4.78 is 5.16. The molecule has 3 aromatic rings. The number of fused-ring (bicyclic) bond motifs is 1. The summed E-state index contributed by atoms with van der Waals surface area (Å²) >= 11 is 0. The molecule has 0 bridgehead atoms. The van der Waals surface area contributed by atoms with E-state index in [2.05, 4.69) is 10.3 Å². The highest BCUT2D eigenvalue weighted by Gasteiger charge is 2.17. The van der Waals surface area contributed by atoms with Crippen molar-refractivity contribution in [1.82, 2.24) is 15.2 Å². The Bertz CT molecular complexity index is 1090. The van der Waals surface area contributed by atoms with E-state index in [0.29, 0.717) is 22.2 Å². The fourth-order valence-corrected chi connectivity index (χ4v) is 2.72. The van der Waals surface area contributed by atoms with Crippen molar-refractivity contribution in [2.75, 3.05) is 27.2 Å². The van der Waals surface area contributed by atoms with Crippen molar-refractivity contribution in [1.29, 1.82) is 0 Å². The number of hydrogen-bond acceptors (Lipinski definition) is 6. The Morgan fingerprint density at radius 1 is 1.07 bits per heavy atom. The van der Waals surface area contributed by atoms with Gasteiger partial charge in [0.05, 0.1) is 23.3 Å². The fraction of sp³-hybridized carbons (Fsp3) is 0.182. The van der Waals surface area contributed by atoms with Crippen LogP contribution < -0.4 is 5.32 Å².